The van der Waals surface area contributed by atoms with Crippen LogP contribution in [0.25, 0.3) is 0 Å². The van der Waals surface area contributed by atoms with Crippen LogP contribution < -0.4 is 0 Å². The Bertz CT molecular complexity index is 162. The molecule has 0 bridgehead atoms. The molecule has 1 heteroatoms. The van der Waals surface area contributed by atoms with Gasteiger partial charge in [0.1, 0.15) is 0 Å². The Morgan fingerprint density at radius 1 is 0.588 bits per heavy atom. The third kappa shape index (κ3) is 8.13. The van der Waals surface area contributed by atoms with Gasteiger partial charge in [-0.15, -0.1) is 0 Å². The summed E-state index contributed by atoms with van der Waals surface area (Å²) in [7, 11) is 0. The summed E-state index contributed by atoms with van der Waals surface area (Å²) in [5.74, 6) is 5.14. The van der Waals surface area contributed by atoms with Gasteiger partial charge in [0.25, 0.3) is 0 Å². The summed E-state index contributed by atoms with van der Waals surface area (Å²) in [5, 5.41) is 0. The Morgan fingerprint density at radius 2 is 1.06 bits per heavy atom. The van der Waals surface area contributed by atoms with Gasteiger partial charge < -0.3 is 0 Å². The summed E-state index contributed by atoms with van der Waals surface area (Å²) >= 11 is 2.20. The molecule has 0 heterocycles. The highest BCUT2D eigenvalue weighted by atomic mass is 32.2. The van der Waals surface area contributed by atoms with Crippen LogP contribution in [-0.4, -0.2) is 11.5 Å². The number of rotatable bonds is 12. The van der Waals surface area contributed by atoms with Crippen LogP contribution in [0.4, 0.5) is 0 Å². The van der Waals surface area contributed by atoms with E-state index in [1.807, 2.05) is 0 Å². The molecule has 17 heavy (non-hydrogen) atoms. The van der Waals surface area contributed by atoms with Crippen LogP contribution in [-0.2, 0) is 0 Å². The standard InChI is InChI=1S/C16H30S/c1(3-7-15-9-10-15)5-13-17-14-6-2-4-8-16-11-12-16/h15-16H,1-14H2. The second-order valence-electron chi connectivity index (χ2n) is 6.20. The van der Waals surface area contributed by atoms with E-state index in [1.54, 1.807) is 0 Å². The molecule has 100 valence electrons. The van der Waals surface area contributed by atoms with Gasteiger partial charge in [-0.3, -0.25) is 0 Å². The van der Waals surface area contributed by atoms with Crippen LogP contribution in [0, 0.1) is 11.8 Å². The van der Waals surface area contributed by atoms with Gasteiger partial charge in [0.2, 0.25) is 0 Å². The summed E-state index contributed by atoms with van der Waals surface area (Å²) in [6, 6.07) is 0. The lowest BCUT2D eigenvalue weighted by molar-refractivity contribution is 0.619. The molecule has 0 aromatic heterocycles. The molecule has 0 saturated heterocycles. The molecule has 2 fully saturated rings. The summed E-state index contributed by atoms with van der Waals surface area (Å²) in [6.45, 7) is 0. The van der Waals surface area contributed by atoms with Crippen LogP contribution in [0.5, 0.6) is 0 Å². The third-order valence-corrected chi connectivity index (χ3v) is 5.35. The van der Waals surface area contributed by atoms with Gasteiger partial charge in [0, 0.05) is 0 Å². The smallest absolute Gasteiger partial charge is 0.00675 e. The van der Waals surface area contributed by atoms with E-state index >= 15 is 0 Å². The molecular weight excluding hydrogens is 224 g/mol. The van der Waals surface area contributed by atoms with Crippen molar-refractivity contribution in [1.29, 1.82) is 0 Å². The van der Waals surface area contributed by atoms with Crippen molar-refractivity contribution in [2.75, 3.05) is 11.5 Å². The van der Waals surface area contributed by atoms with E-state index < -0.39 is 0 Å². The maximum Gasteiger partial charge on any atom is -0.00675 e. The predicted octanol–water partition coefficient (Wildman–Crippen LogP) is 5.66. The average molecular weight is 254 g/mol. The normalized spacial score (nSPS) is 19.8. The van der Waals surface area contributed by atoms with Crippen molar-refractivity contribution >= 4 is 11.8 Å². The van der Waals surface area contributed by atoms with Gasteiger partial charge >= 0.3 is 0 Å². The van der Waals surface area contributed by atoms with Crippen LogP contribution >= 0.6 is 11.8 Å². The maximum absolute atomic E-state index is 2.20. The Morgan fingerprint density at radius 3 is 1.47 bits per heavy atom. The van der Waals surface area contributed by atoms with E-state index in [-0.39, 0.29) is 0 Å². The molecule has 0 nitrogen and oxygen atoms in total. The van der Waals surface area contributed by atoms with Crippen molar-refractivity contribution in [2.24, 2.45) is 11.8 Å². The second-order valence-corrected chi connectivity index (χ2v) is 7.42. The van der Waals surface area contributed by atoms with Crippen molar-refractivity contribution in [2.45, 2.75) is 77.0 Å². The van der Waals surface area contributed by atoms with Gasteiger partial charge in [0.15, 0.2) is 0 Å². The summed E-state index contributed by atoms with van der Waals surface area (Å²) < 4.78 is 0. The summed E-state index contributed by atoms with van der Waals surface area (Å²) in [5.41, 5.74) is 0. The van der Waals surface area contributed by atoms with Crippen LogP contribution in [0.3, 0.4) is 0 Å². The predicted molar refractivity (Wildman–Crippen MR) is 79.7 cm³/mol. The first-order valence-corrected chi connectivity index (χ1v) is 9.18. The van der Waals surface area contributed by atoms with E-state index in [1.165, 1.54) is 88.6 Å². The maximum atomic E-state index is 2.20. The molecule has 0 amide bonds. The molecule has 2 rings (SSSR count). The number of unbranched alkanes of at least 4 members (excludes halogenated alkanes) is 4. The lowest BCUT2D eigenvalue weighted by Crippen LogP contribution is -1.87. The Hall–Kier alpha value is 0.350. The minimum atomic E-state index is 1.15. The molecular formula is C16H30S. The first kappa shape index (κ1) is 13.8. The Labute approximate surface area is 112 Å². The first-order valence-electron chi connectivity index (χ1n) is 8.03. The van der Waals surface area contributed by atoms with Crippen LogP contribution in [0.15, 0.2) is 0 Å². The van der Waals surface area contributed by atoms with Gasteiger partial charge in [0.05, 0.1) is 0 Å². The van der Waals surface area contributed by atoms with E-state index in [0.29, 0.717) is 0 Å². The highest BCUT2D eigenvalue weighted by Gasteiger charge is 2.20. The monoisotopic (exact) mass is 254 g/mol. The zero-order valence-corrected chi connectivity index (χ0v) is 12.3. The first-order chi connectivity index (χ1) is 8.45. The van der Waals surface area contributed by atoms with Gasteiger partial charge in [-0.05, 0) is 36.2 Å². The Kier molecular flexibility index (Phi) is 6.85. The minimum Gasteiger partial charge on any atom is -0.162 e. The van der Waals surface area contributed by atoms with Crippen LogP contribution in [0.2, 0.25) is 0 Å². The molecule has 2 saturated carbocycles. The molecule has 0 aromatic carbocycles. The molecule has 0 atom stereocenters. The zero-order valence-electron chi connectivity index (χ0n) is 11.5. The fourth-order valence-corrected chi connectivity index (χ4v) is 3.56. The molecule has 0 unspecified atom stereocenters. The molecule has 0 radical (unpaired) electrons. The lowest BCUT2D eigenvalue weighted by atomic mass is 10.1. The van der Waals surface area contributed by atoms with Crippen molar-refractivity contribution < 1.29 is 0 Å². The molecule has 0 aliphatic heterocycles. The summed E-state index contributed by atoms with van der Waals surface area (Å²) in [6.07, 6.45) is 18.2. The molecule has 0 N–H and O–H groups in total. The van der Waals surface area contributed by atoms with Crippen LogP contribution in [0.1, 0.15) is 77.0 Å². The van der Waals surface area contributed by atoms with Crippen molar-refractivity contribution in [3.8, 4) is 0 Å². The fraction of sp³-hybridized carbons (Fsp3) is 1.00. The fourth-order valence-electron chi connectivity index (χ4n) is 2.54. The second kappa shape index (κ2) is 8.45. The van der Waals surface area contributed by atoms with Crippen molar-refractivity contribution in [3.05, 3.63) is 0 Å². The molecule has 2 aliphatic carbocycles. The van der Waals surface area contributed by atoms with E-state index in [4.69, 9.17) is 0 Å². The molecule has 2 aliphatic rings. The minimum absolute atomic E-state index is 1.15. The molecule has 0 aromatic rings. The zero-order chi connectivity index (χ0) is 11.8. The molecule has 0 spiro atoms. The highest BCUT2D eigenvalue weighted by Crippen LogP contribution is 2.34. The SMILES string of the molecule is C(CCSCCCCCC1CC1)CCC1CC1. The van der Waals surface area contributed by atoms with E-state index in [9.17, 15) is 0 Å². The average Bonchev–Trinajstić information content (AvgIpc) is 3.19. The topological polar surface area (TPSA) is 0 Å². The summed E-state index contributed by atoms with van der Waals surface area (Å²) in [4.78, 5) is 0. The third-order valence-electron chi connectivity index (χ3n) is 4.20. The van der Waals surface area contributed by atoms with Gasteiger partial charge in [-0.1, -0.05) is 64.2 Å². The largest absolute Gasteiger partial charge is 0.162 e. The van der Waals surface area contributed by atoms with Crippen molar-refractivity contribution in [1.82, 2.24) is 0 Å². The Balaban J connectivity index is 1.20. The van der Waals surface area contributed by atoms with Crippen molar-refractivity contribution in [3.63, 3.8) is 0 Å². The van der Waals surface area contributed by atoms with Gasteiger partial charge in [-0.2, -0.15) is 11.8 Å². The number of hydrogen-bond acceptors (Lipinski definition) is 1. The van der Waals surface area contributed by atoms with Gasteiger partial charge in [-0.25, -0.2) is 0 Å². The van der Waals surface area contributed by atoms with E-state index in [2.05, 4.69) is 11.8 Å². The number of thioether (sulfide) groups is 1. The van der Waals surface area contributed by atoms with E-state index in [0.717, 1.165) is 11.8 Å². The quantitative estimate of drug-likeness (QED) is 0.405. The number of hydrogen-bond donors (Lipinski definition) is 0. The lowest BCUT2D eigenvalue weighted by Gasteiger charge is -2.02. The highest BCUT2D eigenvalue weighted by molar-refractivity contribution is 7.99.